The highest BCUT2D eigenvalue weighted by Crippen LogP contribution is 2.38. The van der Waals surface area contributed by atoms with E-state index in [0.717, 1.165) is 25.2 Å². The molecule has 0 aromatic heterocycles. The van der Waals surface area contributed by atoms with Crippen molar-refractivity contribution in [1.82, 2.24) is 0 Å². The molecule has 0 radical (unpaired) electrons. The van der Waals surface area contributed by atoms with Crippen molar-refractivity contribution in [3.63, 3.8) is 0 Å². The Balaban J connectivity index is 2.27. The Kier molecular flexibility index (Phi) is 3.86. The van der Waals surface area contributed by atoms with Crippen LogP contribution < -0.4 is 4.90 Å². The smallest absolute Gasteiger partial charge is 0.131 e. The maximum atomic E-state index is 13.9. The molecule has 1 fully saturated rings. The summed E-state index contributed by atoms with van der Waals surface area (Å²) in [5.41, 5.74) is 1.55. The van der Waals surface area contributed by atoms with Crippen LogP contribution in [0.25, 0.3) is 0 Å². The van der Waals surface area contributed by atoms with Crippen LogP contribution in [-0.2, 0) is 0 Å². The van der Waals surface area contributed by atoms with Gasteiger partial charge in [0.25, 0.3) is 0 Å². The van der Waals surface area contributed by atoms with Crippen LogP contribution in [0.3, 0.4) is 0 Å². The van der Waals surface area contributed by atoms with Crippen molar-refractivity contribution < 1.29 is 9.50 Å². The summed E-state index contributed by atoms with van der Waals surface area (Å²) in [5, 5.41) is 9.80. The zero-order valence-electron chi connectivity index (χ0n) is 12.3. The maximum absolute atomic E-state index is 13.9. The average Bonchev–Trinajstić information content (AvgIpc) is 2.76. The molecule has 0 saturated carbocycles. The topological polar surface area (TPSA) is 23.5 Å². The third-order valence-electron chi connectivity index (χ3n) is 4.20. The van der Waals surface area contributed by atoms with E-state index in [4.69, 9.17) is 0 Å². The second kappa shape index (κ2) is 5.12. The number of nitrogens with zero attached hydrogens (tertiary/aromatic N) is 1. The molecule has 1 heterocycles. The summed E-state index contributed by atoms with van der Waals surface area (Å²) in [6.45, 7) is 10.3. The third kappa shape index (κ3) is 2.92. The summed E-state index contributed by atoms with van der Waals surface area (Å²) in [5.74, 6) is 0.296. The number of anilines is 1. The number of hydrogen-bond acceptors (Lipinski definition) is 2. The Bertz CT molecular complexity index is 451. The first kappa shape index (κ1) is 14.3. The van der Waals surface area contributed by atoms with Gasteiger partial charge in [0.2, 0.25) is 0 Å². The van der Waals surface area contributed by atoms with E-state index in [1.54, 1.807) is 13.0 Å². The number of halogens is 1. The van der Waals surface area contributed by atoms with Gasteiger partial charge in [0.05, 0.1) is 6.10 Å². The van der Waals surface area contributed by atoms with Gasteiger partial charge in [-0.2, -0.15) is 0 Å². The van der Waals surface area contributed by atoms with Gasteiger partial charge in [0.1, 0.15) is 5.82 Å². The summed E-state index contributed by atoms with van der Waals surface area (Å²) in [4.78, 5) is 2.21. The molecule has 1 aliphatic rings. The molecule has 1 saturated heterocycles. The van der Waals surface area contributed by atoms with E-state index in [-0.39, 0.29) is 11.2 Å². The lowest BCUT2D eigenvalue weighted by atomic mass is 9.80. The fraction of sp³-hybridized carbons (Fsp3) is 0.625. The van der Waals surface area contributed by atoms with Crippen molar-refractivity contribution in [3.05, 3.63) is 29.6 Å². The van der Waals surface area contributed by atoms with Gasteiger partial charge in [-0.3, -0.25) is 0 Å². The lowest BCUT2D eigenvalue weighted by molar-refractivity contribution is 0.194. The monoisotopic (exact) mass is 265 g/mol. The number of rotatable bonds is 2. The summed E-state index contributed by atoms with van der Waals surface area (Å²) in [6, 6.07) is 5.06. The van der Waals surface area contributed by atoms with E-state index in [1.165, 1.54) is 6.07 Å². The predicted octanol–water partition coefficient (Wildman–Crippen LogP) is 3.75. The van der Waals surface area contributed by atoms with Gasteiger partial charge in [-0.1, -0.05) is 26.8 Å². The molecule has 0 aliphatic carbocycles. The summed E-state index contributed by atoms with van der Waals surface area (Å²) in [7, 11) is 0. The Morgan fingerprint density at radius 3 is 2.58 bits per heavy atom. The van der Waals surface area contributed by atoms with Crippen LogP contribution >= 0.6 is 0 Å². The van der Waals surface area contributed by atoms with Crippen LogP contribution in [0.4, 0.5) is 10.1 Å². The molecular weight excluding hydrogens is 241 g/mol. The largest absolute Gasteiger partial charge is 0.389 e. The standard InChI is InChI=1S/C16H24FNO/c1-11(19)15-13(17)6-5-7-14(15)18-9-8-12(10-18)16(2,3)4/h5-7,11-12,19H,8-10H2,1-4H3/t11-,12?/m0/s1. The minimum atomic E-state index is -0.773. The molecule has 2 atom stereocenters. The lowest BCUT2D eigenvalue weighted by Gasteiger charge is -2.28. The van der Waals surface area contributed by atoms with Gasteiger partial charge in [-0.25, -0.2) is 4.39 Å². The van der Waals surface area contributed by atoms with E-state index in [1.807, 2.05) is 6.07 Å². The fourth-order valence-corrected chi connectivity index (χ4v) is 2.90. The molecule has 1 unspecified atom stereocenters. The Labute approximate surface area is 115 Å². The van der Waals surface area contributed by atoms with Crippen molar-refractivity contribution in [3.8, 4) is 0 Å². The van der Waals surface area contributed by atoms with Gasteiger partial charge in [0.15, 0.2) is 0 Å². The summed E-state index contributed by atoms with van der Waals surface area (Å²) in [6.07, 6.45) is 0.351. The highest BCUT2D eigenvalue weighted by atomic mass is 19.1. The summed E-state index contributed by atoms with van der Waals surface area (Å²) >= 11 is 0. The predicted molar refractivity (Wildman–Crippen MR) is 76.8 cm³/mol. The van der Waals surface area contributed by atoms with Gasteiger partial charge < -0.3 is 10.0 Å². The SMILES string of the molecule is C[C@H](O)c1c(F)cccc1N1CCC(C(C)(C)C)C1. The van der Waals surface area contributed by atoms with Gasteiger partial charge in [-0.15, -0.1) is 0 Å². The van der Waals surface area contributed by atoms with E-state index >= 15 is 0 Å². The Hall–Kier alpha value is -1.09. The molecule has 0 bridgehead atoms. The van der Waals surface area contributed by atoms with Crippen molar-refractivity contribution >= 4 is 5.69 Å². The molecule has 1 N–H and O–H groups in total. The number of aliphatic hydroxyl groups excluding tert-OH is 1. The zero-order chi connectivity index (χ0) is 14.2. The normalized spacial score (nSPS) is 21.8. The maximum Gasteiger partial charge on any atom is 0.131 e. The highest BCUT2D eigenvalue weighted by molar-refractivity contribution is 5.56. The van der Waals surface area contributed by atoms with Gasteiger partial charge in [0, 0.05) is 24.3 Å². The molecule has 106 valence electrons. The Morgan fingerprint density at radius 1 is 1.37 bits per heavy atom. The second-order valence-corrected chi connectivity index (χ2v) is 6.65. The third-order valence-corrected chi connectivity index (χ3v) is 4.20. The molecule has 1 aliphatic heterocycles. The quantitative estimate of drug-likeness (QED) is 0.880. The molecule has 3 heteroatoms. The van der Waals surface area contributed by atoms with Gasteiger partial charge in [-0.05, 0) is 36.8 Å². The van der Waals surface area contributed by atoms with Crippen LogP contribution in [0.2, 0.25) is 0 Å². The van der Waals surface area contributed by atoms with Crippen LogP contribution in [0.15, 0.2) is 18.2 Å². The van der Waals surface area contributed by atoms with E-state index in [9.17, 15) is 9.50 Å². The number of aliphatic hydroxyl groups is 1. The molecule has 0 spiro atoms. The van der Waals surface area contributed by atoms with Crippen LogP contribution in [0.5, 0.6) is 0 Å². The van der Waals surface area contributed by atoms with Crippen molar-refractivity contribution in [2.45, 2.75) is 40.2 Å². The van der Waals surface area contributed by atoms with Crippen LogP contribution in [-0.4, -0.2) is 18.2 Å². The number of benzene rings is 1. The Morgan fingerprint density at radius 2 is 2.05 bits per heavy atom. The molecule has 1 aromatic rings. The van der Waals surface area contributed by atoms with Crippen LogP contribution in [0, 0.1) is 17.2 Å². The first-order chi connectivity index (χ1) is 8.80. The first-order valence-electron chi connectivity index (χ1n) is 7.02. The van der Waals surface area contributed by atoms with Crippen molar-refractivity contribution in [2.24, 2.45) is 11.3 Å². The average molecular weight is 265 g/mol. The van der Waals surface area contributed by atoms with E-state index < -0.39 is 6.10 Å². The molecule has 19 heavy (non-hydrogen) atoms. The van der Waals surface area contributed by atoms with Crippen molar-refractivity contribution in [2.75, 3.05) is 18.0 Å². The number of hydrogen-bond donors (Lipinski definition) is 1. The summed E-state index contributed by atoms with van der Waals surface area (Å²) < 4.78 is 13.9. The molecule has 1 aromatic carbocycles. The van der Waals surface area contributed by atoms with Gasteiger partial charge >= 0.3 is 0 Å². The minimum absolute atomic E-state index is 0.271. The lowest BCUT2D eigenvalue weighted by Crippen LogP contribution is -2.26. The zero-order valence-corrected chi connectivity index (χ0v) is 12.3. The van der Waals surface area contributed by atoms with Crippen LogP contribution in [0.1, 0.15) is 45.8 Å². The van der Waals surface area contributed by atoms with E-state index in [0.29, 0.717) is 11.5 Å². The van der Waals surface area contributed by atoms with Crippen molar-refractivity contribution in [1.29, 1.82) is 0 Å². The molecule has 0 amide bonds. The minimum Gasteiger partial charge on any atom is -0.389 e. The molecule has 2 nitrogen and oxygen atoms in total. The molecule has 2 rings (SSSR count). The second-order valence-electron chi connectivity index (χ2n) is 6.65. The first-order valence-corrected chi connectivity index (χ1v) is 7.02. The fourth-order valence-electron chi connectivity index (χ4n) is 2.90. The molecular formula is C16H24FNO. The highest BCUT2D eigenvalue weighted by Gasteiger charge is 2.33. The van der Waals surface area contributed by atoms with E-state index in [2.05, 4.69) is 25.7 Å².